The van der Waals surface area contributed by atoms with Crippen LogP contribution in [0.3, 0.4) is 0 Å². The van der Waals surface area contributed by atoms with Crippen LogP contribution < -0.4 is 4.74 Å². The van der Waals surface area contributed by atoms with Crippen LogP contribution in [-0.4, -0.2) is 41.2 Å². The molecule has 6 heteroatoms. The third-order valence-electron chi connectivity index (χ3n) is 4.98. The molecule has 0 unspecified atom stereocenters. The van der Waals surface area contributed by atoms with Gasteiger partial charge in [-0.2, -0.15) is 0 Å². The molecule has 1 saturated heterocycles. The van der Waals surface area contributed by atoms with Crippen LogP contribution >= 0.6 is 11.8 Å². The summed E-state index contributed by atoms with van der Waals surface area (Å²) in [7, 11) is 3.46. The molecule has 0 spiro atoms. The molecule has 0 N–H and O–H groups in total. The quantitative estimate of drug-likeness (QED) is 0.585. The molecule has 1 fully saturated rings. The maximum Gasteiger partial charge on any atom is 0.266 e. The number of benzene rings is 2. The fourth-order valence-electron chi connectivity index (χ4n) is 3.44. The largest absolute Gasteiger partial charge is 0.491 e. The molecule has 0 radical (unpaired) electrons. The minimum atomic E-state index is -0.0182. The molecule has 0 aliphatic carbocycles. The Balaban J connectivity index is 1.60. The van der Waals surface area contributed by atoms with E-state index in [-0.39, 0.29) is 5.91 Å². The van der Waals surface area contributed by atoms with Gasteiger partial charge >= 0.3 is 0 Å². The third kappa shape index (κ3) is 3.80. The van der Waals surface area contributed by atoms with Crippen molar-refractivity contribution in [2.75, 3.05) is 20.7 Å². The maximum atomic E-state index is 12.5. The molecule has 5 nitrogen and oxygen atoms in total. The van der Waals surface area contributed by atoms with E-state index in [4.69, 9.17) is 4.74 Å². The Bertz CT molecular complexity index is 1130. The van der Waals surface area contributed by atoms with Crippen LogP contribution in [-0.2, 0) is 11.3 Å². The summed E-state index contributed by atoms with van der Waals surface area (Å²) in [5.41, 5.74) is 3.28. The number of aromatic nitrogens is 1. The summed E-state index contributed by atoms with van der Waals surface area (Å²) in [5.74, 6) is 0.893. The van der Waals surface area contributed by atoms with Crippen molar-refractivity contribution in [2.24, 2.45) is 4.99 Å². The summed E-state index contributed by atoms with van der Waals surface area (Å²) in [5, 5.41) is 1.84. The number of likely N-dealkylation sites (N-methyl/N-ethyl adjacent to an activating group) is 1. The predicted molar refractivity (Wildman–Crippen MR) is 120 cm³/mol. The maximum absolute atomic E-state index is 12.5. The van der Waals surface area contributed by atoms with Gasteiger partial charge in [-0.25, -0.2) is 0 Å². The van der Waals surface area contributed by atoms with Crippen LogP contribution in [0, 0.1) is 6.92 Å². The third-order valence-corrected chi connectivity index (χ3v) is 6.14. The second-order valence-electron chi connectivity index (χ2n) is 6.89. The lowest BCUT2D eigenvalue weighted by atomic mass is 10.1. The fourth-order valence-corrected chi connectivity index (χ4v) is 4.36. The molecule has 4 rings (SSSR count). The predicted octanol–water partition coefficient (Wildman–Crippen LogP) is 4.56. The number of rotatable bonds is 5. The van der Waals surface area contributed by atoms with Crippen molar-refractivity contribution >= 4 is 39.8 Å². The minimum absolute atomic E-state index is 0.0182. The fraction of sp³-hybridized carbons (Fsp3) is 0.217. The second-order valence-corrected chi connectivity index (χ2v) is 7.90. The van der Waals surface area contributed by atoms with Crippen LogP contribution in [0.1, 0.15) is 11.1 Å². The lowest BCUT2D eigenvalue weighted by Gasteiger charge is -2.10. The number of amidine groups is 1. The van der Waals surface area contributed by atoms with Crippen LogP contribution in [0.2, 0.25) is 0 Å². The Kier molecular flexibility index (Phi) is 5.45. The molecule has 148 valence electrons. The Morgan fingerprint density at radius 1 is 1.14 bits per heavy atom. The van der Waals surface area contributed by atoms with Gasteiger partial charge in [-0.3, -0.25) is 14.7 Å². The standard InChI is InChI=1S/C23H23N3O2S/c1-16-8-4-7-11-20(16)28-13-12-26-15-17(18-9-5-6-10-19(18)26)14-21-22(27)25(3)23(24-2)29-21/h4-11,14-15H,12-13H2,1-3H3/b21-14+,24-23?. The van der Waals surface area contributed by atoms with E-state index in [0.717, 1.165) is 39.5 Å². The molecule has 1 aromatic heterocycles. The number of aliphatic imine (C=N–C) groups is 1. The molecular weight excluding hydrogens is 382 g/mol. The van der Waals surface area contributed by atoms with Gasteiger partial charge in [0.05, 0.1) is 11.4 Å². The van der Waals surface area contributed by atoms with Gasteiger partial charge in [-0.1, -0.05) is 36.4 Å². The van der Waals surface area contributed by atoms with Crippen LogP contribution in [0.5, 0.6) is 5.75 Å². The van der Waals surface area contributed by atoms with Gasteiger partial charge in [0.25, 0.3) is 5.91 Å². The first-order chi connectivity index (χ1) is 14.1. The summed E-state index contributed by atoms with van der Waals surface area (Å²) in [6.07, 6.45) is 4.05. The molecule has 2 aromatic carbocycles. The van der Waals surface area contributed by atoms with E-state index in [1.54, 1.807) is 19.0 Å². The highest BCUT2D eigenvalue weighted by Gasteiger charge is 2.30. The van der Waals surface area contributed by atoms with Gasteiger partial charge < -0.3 is 9.30 Å². The number of para-hydroxylation sites is 2. The van der Waals surface area contributed by atoms with Crippen molar-refractivity contribution in [3.05, 3.63) is 70.8 Å². The minimum Gasteiger partial charge on any atom is -0.491 e. The summed E-state index contributed by atoms with van der Waals surface area (Å²) >= 11 is 1.41. The van der Waals surface area contributed by atoms with Gasteiger partial charge in [-0.05, 0) is 42.5 Å². The highest BCUT2D eigenvalue weighted by molar-refractivity contribution is 8.18. The van der Waals surface area contributed by atoms with Crippen LogP contribution in [0.25, 0.3) is 17.0 Å². The number of hydrogen-bond acceptors (Lipinski definition) is 4. The topological polar surface area (TPSA) is 46.8 Å². The van der Waals surface area contributed by atoms with Crippen molar-refractivity contribution in [2.45, 2.75) is 13.5 Å². The smallest absolute Gasteiger partial charge is 0.266 e. The normalized spacial score (nSPS) is 17.1. The van der Waals surface area contributed by atoms with Crippen molar-refractivity contribution in [1.82, 2.24) is 9.47 Å². The van der Waals surface area contributed by atoms with Crippen molar-refractivity contribution < 1.29 is 9.53 Å². The van der Waals surface area contributed by atoms with Gasteiger partial charge in [0.15, 0.2) is 5.17 Å². The Hall–Kier alpha value is -2.99. The van der Waals surface area contributed by atoms with E-state index in [0.29, 0.717) is 11.5 Å². The van der Waals surface area contributed by atoms with Crippen molar-refractivity contribution in [3.8, 4) is 5.75 Å². The summed E-state index contributed by atoms with van der Waals surface area (Å²) in [4.78, 5) is 19.0. The zero-order chi connectivity index (χ0) is 20.4. The number of amides is 1. The van der Waals surface area contributed by atoms with E-state index in [1.165, 1.54) is 11.8 Å². The molecule has 0 atom stereocenters. The number of hydrogen-bond donors (Lipinski definition) is 0. The van der Waals surface area contributed by atoms with Crippen molar-refractivity contribution in [1.29, 1.82) is 0 Å². The molecule has 0 bridgehead atoms. The number of fused-ring (bicyclic) bond motifs is 1. The first-order valence-electron chi connectivity index (χ1n) is 9.49. The number of carbonyl (C=O) groups excluding carboxylic acids is 1. The van der Waals surface area contributed by atoms with Gasteiger partial charge in [-0.15, -0.1) is 0 Å². The van der Waals surface area contributed by atoms with E-state index in [1.807, 2.05) is 49.4 Å². The highest BCUT2D eigenvalue weighted by Crippen LogP contribution is 2.33. The number of ether oxygens (including phenoxy) is 1. The Morgan fingerprint density at radius 3 is 2.66 bits per heavy atom. The molecule has 3 aromatic rings. The second kappa shape index (κ2) is 8.17. The van der Waals surface area contributed by atoms with E-state index in [2.05, 4.69) is 27.9 Å². The number of carbonyl (C=O) groups is 1. The molecule has 0 saturated carbocycles. The molecule has 1 amide bonds. The average Bonchev–Trinajstić information content (AvgIpc) is 3.22. The summed E-state index contributed by atoms with van der Waals surface area (Å²) < 4.78 is 8.16. The highest BCUT2D eigenvalue weighted by atomic mass is 32.2. The zero-order valence-electron chi connectivity index (χ0n) is 16.8. The van der Waals surface area contributed by atoms with Crippen molar-refractivity contribution in [3.63, 3.8) is 0 Å². The first kappa shape index (κ1) is 19.3. The summed E-state index contributed by atoms with van der Waals surface area (Å²) in [6, 6.07) is 16.3. The van der Waals surface area contributed by atoms with Crippen LogP contribution in [0.4, 0.5) is 0 Å². The van der Waals surface area contributed by atoms with Crippen LogP contribution in [0.15, 0.2) is 64.6 Å². The Labute approximate surface area is 174 Å². The monoisotopic (exact) mass is 405 g/mol. The Morgan fingerprint density at radius 2 is 1.90 bits per heavy atom. The average molecular weight is 406 g/mol. The molecule has 1 aliphatic rings. The van der Waals surface area contributed by atoms with E-state index >= 15 is 0 Å². The molecule has 29 heavy (non-hydrogen) atoms. The number of aryl methyl sites for hydroxylation is 1. The summed E-state index contributed by atoms with van der Waals surface area (Å²) in [6.45, 7) is 3.34. The number of nitrogens with zero attached hydrogens (tertiary/aromatic N) is 3. The number of thioether (sulfide) groups is 1. The van der Waals surface area contributed by atoms with Gasteiger partial charge in [0.1, 0.15) is 12.4 Å². The first-order valence-corrected chi connectivity index (χ1v) is 10.3. The lowest BCUT2D eigenvalue weighted by molar-refractivity contribution is -0.121. The molecule has 1 aliphatic heterocycles. The van der Waals surface area contributed by atoms with Gasteiger partial charge in [0, 0.05) is 36.8 Å². The molecular formula is C23H23N3O2S. The van der Waals surface area contributed by atoms with E-state index < -0.39 is 0 Å². The van der Waals surface area contributed by atoms with Gasteiger partial charge in [0.2, 0.25) is 0 Å². The SMILES string of the molecule is CN=C1S/C(=C/c2cn(CCOc3ccccc3C)c3ccccc23)C(=O)N1C. The van der Waals surface area contributed by atoms with E-state index in [9.17, 15) is 4.79 Å². The lowest BCUT2D eigenvalue weighted by Crippen LogP contribution is -2.23. The zero-order valence-corrected chi connectivity index (χ0v) is 17.6. The molecule has 2 heterocycles.